The van der Waals surface area contributed by atoms with Crippen molar-refractivity contribution in [3.8, 4) is 0 Å². The zero-order valence-electron chi connectivity index (χ0n) is 22.2. The third kappa shape index (κ3) is 8.05. The normalized spacial score (nSPS) is 35.3. The molecule has 2 fully saturated rings. The minimum atomic E-state index is -1.57. The second kappa shape index (κ2) is 15.0. The Morgan fingerprint density at radius 2 is 1.24 bits per heavy atom. The van der Waals surface area contributed by atoms with Crippen molar-refractivity contribution < 1.29 is 44.5 Å². The topological polar surface area (TPSA) is 138 Å². The van der Waals surface area contributed by atoms with Crippen molar-refractivity contribution in [2.24, 2.45) is 11.8 Å². The van der Waals surface area contributed by atoms with Gasteiger partial charge in [-0.15, -0.1) is 0 Å². The number of ether oxygens (including phenoxy) is 4. The smallest absolute Gasteiger partial charge is 0.184 e. The van der Waals surface area contributed by atoms with Gasteiger partial charge in [0.2, 0.25) is 0 Å². The van der Waals surface area contributed by atoms with E-state index in [0.717, 1.165) is 12.0 Å². The van der Waals surface area contributed by atoms with Crippen LogP contribution in [0.2, 0.25) is 0 Å². The van der Waals surface area contributed by atoms with Crippen molar-refractivity contribution in [1.82, 2.24) is 0 Å². The fraction of sp³-hybridized carbons (Fsp3) is 0.586. The number of benzene rings is 2. The van der Waals surface area contributed by atoms with Crippen molar-refractivity contribution in [3.05, 3.63) is 71.8 Å². The van der Waals surface area contributed by atoms with Gasteiger partial charge in [0, 0.05) is 0 Å². The van der Waals surface area contributed by atoms with E-state index in [4.69, 9.17) is 39.7 Å². The molecule has 9 heteroatoms. The molecule has 0 saturated carbocycles. The van der Waals surface area contributed by atoms with Gasteiger partial charge in [0.05, 0.1) is 25.9 Å². The van der Waals surface area contributed by atoms with Gasteiger partial charge in [0.25, 0.3) is 0 Å². The molecule has 5 N–H and O–H groups in total. The van der Waals surface area contributed by atoms with Crippen LogP contribution in [0, 0.1) is 11.8 Å². The van der Waals surface area contributed by atoms with Gasteiger partial charge in [-0.25, -0.2) is 0 Å². The Kier molecular flexibility index (Phi) is 12.1. The Balaban J connectivity index is 0.000000279. The average Bonchev–Trinajstić information content (AvgIpc) is 2.95. The second-order valence-electron chi connectivity index (χ2n) is 9.95. The lowest BCUT2D eigenvalue weighted by molar-refractivity contribution is -0.286. The number of hydrogen-bond acceptors (Lipinski definition) is 9. The Morgan fingerprint density at radius 3 is 1.76 bits per heavy atom. The molecular formula is C29H42O9. The van der Waals surface area contributed by atoms with Gasteiger partial charge in [0.15, 0.2) is 12.6 Å². The molecule has 0 bridgehead atoms. The quantitative estimate of drug-likeness (QED) is 0.344. The molecule has 0 spiro atoms. The van der Waals surface area contributed by atoms with Crippen molar-refractivity contribution in [1.29, 1.82) is 0 Å². The molecule has 38 heavy (non-hydrogen) atoms. The van der Waals surface area contributed by atoms with E-state index in [1.165, 1.54) is 5.56 Å². The van der Waals surface area contributed by atoms with Crippen LogP contribution < -0.4 is 0 Å². The summed E-state index contributed by atoms with van der Waals surface area (Å²) in [7, 11) is 0. The summed E-state index contributed by atoms with van der Waals surface area (Å²) >= 11 is 0. The first-order valence-electron chi connectivity index (χ1n) is 13.2. The maximum atomic E-state index is 9.12. The summed E-state index contributed by atoms with van der Waals surface area (Å²) in [4.78, 5) is 0. The van der Waals surface area contributed by atoms with Crippen LogP contribution in [0.1, 0.15) is 38.3 Å². The Labute approximate surface area is 224 Å². The third-order valence-electron chi connectivity index (χ3n) is 7.32. The molecule has 0 amide bonds. The summed E-state index contributed by atoms with van der Waals surface area (Å²) in [5.41, 5.74) is 2.32. The lowest BCUT2D eigenvalue weighted by Gasteiger charge is -2.44. The Hall–Kier alpha value is -1.92. The lowest BCUT2D eigenvalue weighted by atomic mass is 9.82. The maximum absolute atomic E-state index is 9.12. The molecular weight excluding hydrogens is 492 g/mol. The molecule has 0 aliphatic carbocycles. The van der Waals surface area contributed by atoms with Gasteiger partial charge in [0.1, 0.15) is 30.5 Å². The Bertz CT molecular complexity index is 910. The van der Waals surface area contributed by atoms with E-state index >= 15 is 0 Å². The van der Waals surface area contributed by atoms with Crippen molar-refractivity contribution >= 4 is 0 Å². The second-order valence-corrected chi connectivity index (χ2v) is 9.95. The predicted molar refractivity (Wildman–Crippen MR) is 140 cm³/mol. The molecule has 9 nitrogen and oxygen atoms in total. The van der Waals surface area contributed by atoms with E-state index in [0.29, 0.717) is 25.0 Å². The molecule has 10 atom stereocenters. The van der Waals surface area contributed by atoms with Crippen molar-refractivity contribution in [2.45, 2.75) is 89.6 Å². The monoisotopic (exact) mass is 534 g/mol. The zero-order valence-corrected chi connectivity index (χ0v) is 22.2. The highest BCUT2D eigenvalue weighted by atomic mass is 16.7. The highest BCUT2D eigenvalue weighted by molar-refractivity contribution is 5.14. The summed E-state index contributed by atoms with van der Waals surface area (Å²) in [5, 5.41) is 44.7. The van der Waals surface area contributed by atoms with Crippen LogP contribution in [-0.4, -0.2) is 81.3 Å². The van der Waals surface area contributed by atoms with Crippen LogP contribution in [0.15, 0.2) is 60.7 Å². The first-order valence-corrected chi connectivity index (χ1v) is 13.2. The molecule has 212 valence electrons. The van der Waals surface area contributed by atoms with Gasteiger partial charge in [-0.05, 0) is 29.4 Å². The molecule has 2 aromatic carbocycles. The number of aliphatic hydroxyl groups is 5. The van der Waals surface area contributed by atoms with Gasteiger partial charge in [-0.1, -0.05) is 81.4 Å². The SMILES string of the molecule is CCC1OC(OCc2ccccc2)C(OCc2ccccc2)[C@@H](C)[C@H]1C.OCC1OC(O)C(O)[C@@H](O)[C@H]1O. The number of aliphatic hydroxyl groups excluding tert-OH is 5. The highest BCUT2D eigenvalue weighted by Crippen LogP contribution is 2.35. The molecule has 2 heterocycles. The van der Waals surface area contributed by atoms with Crippen LogP contribution in [0.5, 0.6) is 0 Å². The van der Waals surface area contributed by atoms with E-state index in [9.17, 15) is 0 Å². The predicted octanol–water partition coefficient (Wildman–Crippen LogP) is 1.97. The van der Waals surface area contributed by atoms with Crippen molar-refractivity contribution in [3.63, 3.8) is 0 Å². The minimum Gasteiger partial charge on any atom is -0.394 e. The largest absolute Gasteiger partial charge is 0.394 e. The van der Waals surface area contributed by atoms with E-state index in [1.54, 1.807) is 0 Å². The van der Waals surface area contributed by atoms with Crippen LogP contribution in [-0.2, 0) is 32.2 Å². The summed E-state index contributed by atoms with van der Waals surface area (Å²) in [6.45, 7) is 7.27. The fourth-order valence-electron chi connectivity index (χ4n) is 4.69. The van der Waals surface area contributed by atoms with Crippen molar-refractivity contribution in [2.75, 3.05) is 6.61 Å². The standard InChI is InChI=1S/C23H30O3.C6H12O6/c1-4-21-17(2)18(3)22(24-15-19-11-7-5-8-12-19)23(26-21)25-16-20-13-9-6-10-14-20;7-1-2-3(8)4(9)5(10)6(11)12-2/h5-14,17-18,21-23H,4,15-16H2,1-3H3;2-11H,1H2/t17-,18+,21?,22?,23?;2?,3-,4-,5?,6?/m10/s1. The molecule has 2 saturated heterocycles. The maximum Gasteiger partial charge on any atom is 0.184 e. The van der Waals surface area contributed by atoms with E-state index in [1.807, 2.05) is 36.4 Å². The van der Waals surface area contributed by atoms with Crippen LogP contribution in [0.4, 0.5) is 0 Å². The summed E-state index contributed by atoms with van der Waals surface area (Å²) in [6.07, 6.45) is -6.25. The molecule has 4 rings (SSSR count). The van der Waals surface area contributed by atoms with Crippen LogP contribution in [0.25, 0.3) is 0 Å². The summed E-state index contributed by atoms with van der Waals surface area (Å²) in [5.74, 6) is 0.815. The average molecular weight is 535 g/mol. The van der Waals surface area contributed by atoms with Gasteiger partial charge < -0.3 is 44.5 Å². The van der Waals surface area contributed by atoms with E-state index in [2.05, 4.69) is 49.8 Å². The molecule has 0 aromatic heterocycles. The first kappa shape index (κ1) is 30.6. The highest BCUT2D eigenvalue weighted by Gasteiger charge is 2.43. The van der Waals surface area contributed by atoms with Gasteiger partial charge in [-0.3, -0.25) is 0 Å². The van der Waals surface area contributed by atoms with E-state index < -0.39 is 37.3 Å². The zero-order chi connectivity index (χ0) is 27.7. The minimum absolute atomic E-state index is 0.0725. The van der Waals surface area contributed by atoms with Crippen LogP contribution in [0.3, 0.4) is 0 Å². The van der Waals surface area contributed by atoms with Gasteiger partial charge >= 0.3 is 0 Å². The van der Waals surface area contributed by atoms with Crippen LogP contribution >= 0.6 is 0 Å². The molecule has 2 aliphatic heterocycles. The third-order valence-corrected chi connectivity index (χ3v) is 7.32. The Morgan fingerprint density at radius 1 is 0.684 bits per heavy atom. The lowest BCUT2D eigenvalue weighted by Crippen LogP contribution is -2.58. The van der Waals surface area contributed by atoms with Gasteiger partial charge in [-0.2, -0.15) is 0 Å². The van der Waals surface area contributed by atoms with E-state index in [-0.39, 0.29) is 18.5 Å². The molecule has 0 radical (unpaired) electrons. The summed E-state index contributed by atoms with van der Waals surface area (Å²) in [6, 6.07) is 20.5. The first-order chi connectivity index (χ1) is 18.3. The molecule has 2 aliphatic rings. The number of rotatable bonds is 8. The molecule has 2 aromatic rings. The summed E-state index contributed by atoms with van der Waals surface area (Å²) < 4.78 is 23.3. The molecule has 6 unspecified atom stereocenters. The fourth-order valence-corrected chi connectivity index (χ4v) is 4.69. The number of hydrogen-bond donors (Lipinski definition) is 5.